The zero-order valence-corrected chi connectivity index (χ0v) is 10.3. The first-order valence-corrected chi connectivity index (χ1v) is 5.54. The quantitative estimate of drug-likeness (QED) is 0.663. The van der Waals surface area contributed by atoms with E-state index in [0.29, 0.717) is 12.2 Å². The van der Waals surface area contributed by atoms with E-state index in [9.17, 15) is 10.1 Å². The highest BCUT2D eigenvalue weighted by atomic mass is 16.6. The molecule has 0 amide bonds. The normalized spacial score (nSPS) is 10.3. The maximum absolute atomic E-state index is 10.8. The largest absolute Gasteiger partial charge is 0.383 e. The highest BCUT2D eigenvalue weighted by Crippen LogP contribution is 2.25. The molecule has 0 bridgehead atoms. The van der Waals surface area contributed by atoms with Crippen molar-refractivity contribution in [3.05, 3.63) is 51.8 Å². The third kappa shape index (κ3) is 2.48. The molecule has 0 radical (unpaired) electrons. The van der Waals surface area contributed by atoms with Gasteiger partial charge in [0, 0.05) is 19.3 Å². The minimum absolute atomic E-state index is 0.0814. The summed E-state index contributed by atoms with van der Waals surface area (Å²) in [6.07, 6.45) is 3.71. The lowest BCUT2D eigenvalue weighted by Gasteiger charge is -2.06. The van der Waals surface area contributed by atoms with Gasteiger partial charge in [-0.15, -0.1) is 0 Å². The number of aryl methyl sites for hydroxylation is 1. The Morgan fingerprint density at radius 1 is 1.50 bits per heavy atom. The molecule has 1 heterocycles. The van der Waals surface area contributed by atoms with Crippen molar-refractivity contribution in [3.63, 3.8) is 0 Å². The summed E-state index contributed by atoms with van der Waals surface area (Å²) in [6, 6.07) is 5.03. The number of nitrogens with zero attached hydrogens (tertiary/aromatic N) is 3. The molecule has 2 aromatic rings. The number of nitro benzene ring substituents is 1. The molecule has 6 nitrogen and oxygen atoms in total. The fourth-order valence-electron chi connectivity index (χ4n) is 1.78. The van der Waals surface area contributed by atoms with Gasteiger partial charge in [0.25, 0.3) is 5.69 Å². The Morgan fingerprint density at radius 3 is 2.83 bits per heavy atom. The van der Waals surface area contributed by atoms with E-state index >= 15 is 0 Å². The number of hydrogen-bond donors (Lipinski definition) is 1. The van der Waals surface area contributed by atoms with Crippen LogP contribution in [0.25, 0.3) is 0 Å². The van der Waals surface area contributed by atoms with Crippen LogP contribution in [0.2, 0.25) is 0 Å². The molecular weight excluding hydrogens is 232 g/mol. The molecule has 0 aliphatic rings. The zero-order valence-electron chi connectivity index (χ0n) is 10.3. The Hall–Kier alpha value is -2.37. The van der Waals surface area contributed by atoms with Crippen LogP contribution in [-0.2, 0) is 6.54 Å². The van der Waals surface area contributed by atoms with Crippen molar-refractivity contribution < 1.29 is 4.92 Å². The average molecular weight is 246 g/mol. The molecule has 0 saturated heterocycles. The highest BCUT2D eigenvalue weighted by molar-refractivity contribution is 5.62. The lowest BCUT2D eigenvalue weighted by atomic mass is 10.1. The van der Waals surface area contributed by atoms with Crippen LogP contribution in [0.4, 0.5) is 11.4 Å². The molecule has 0 aliphatic heterocycles. The number of rotatable bonds is 4. The van der Waals surface area contributed by atoms with Gasteiger partial charge >= 0.3 is 0 Å². The maximum atomic E-state index is 10.8. The minimum Gasteiger partial charge on any atom is -0.383 e. The Bertz CT molecular complexity index is 577. The third-order valence-corrected chi connectivity index (χ3v) is 2.63. The molecule has 1 N–H and O–H groups in total. The van der Waals surface area contributed by atoms with E-state index in [0.717, 1.165) is 11.1 Å². The second-order valence-corrected chi connectivity index (χ2v) is 4.07. The molecule has 0 aliphatic carbocycles. The van der Waals surface area contributed by atoms with Crippen molar-refractivity contribution in [2.75, 3.05) is 12.4 Å². The summed E-state index contributed by atoms with van der Waals surface area (Å²) in [6.45, 7) is 2.57. The SMILES string of the molecule is CNc1cc(Cn2cc(C)cn2)ccc1[N+](=O)[O-]. The van der Waals surface area contributed by atoms with Gasteiger partial charge in [0.1, 0.15) is 5.69 Å². The minimum atomic E-state index is -0.395. The highest BCUT2D eigenvalue weighted by Gasteiger charge is 2.12. The molecular formula is C12H14N4O2. The Morgan fingerprint density at radius 2 is 2.28 bits per heavy atom. The van der Waals surface area contributed by atoms with Crippen LogP contribution in [0.15, 0.2) is 30.6 Å². The number of aromatic nitrogens is 2. The predicted octanol–water partition coefficient (Wildman–Crippen LogP) is 2.19. The van der Waals surface area contributed by atoms with Crippen molar-refractivity contribution in [2.24, 2.45) is 0 Å². The Kier molecular flexibility index (Phi) is 3.27. The van der Waals surface area contributed by atoms with Crippen LogP contribution in [-0.4, -0.2) is 21.8 Å². The van der Waals surface area contributed by atoms with Gasteiger partial charge in [0.15, 0.2) is 0 Å². The second-order valence-electron chi connectivity index (χ2n) is 4.07. The molecule has 0 atom stereocenters. The van der Waals surface area contributed by atoms with E-state index in [2.05, 4.69) is 10.4 Å². The number of hydrogen-bond acceptors (Lipinski definition) is 4. The molecule has 94 valence electrons. The Balaban J connectivity index is 2.27. The average Bonchev–Trinajstić information content (AvgIpc) is 2.74. The molecule has 0 saturated carbocycles. The Labute approximate surface area is 104 Å². The summed E-state index contributed by atoms with van der Waals surface area (Å²) >= 11 is 0. The summed E-state index contributed by atoms with van der Waals surface area (Å²) in [7, 11) is 1.67. The number of anilines is 1. The van der Waals surface area contributed by atoms with Crippen LogP contribution in [0.3, 0.4) is 0 Å². The van der Waals surface area contributed by atoms with Crippen molar-refractivity contribution in [1.29, 1.82) is 0 Å². The summed E-state index contributed by atoms with van der Waals surface area (Å²) in [4.78, 5) is 10.4. The molecule has 0 unspecified atom stereocenters. The smallest absolute Gasteiger partial charge is 0.292 e. The molecule has 2 rings (SSSR count). The molecule has 18 heavy (non-hydrogen) atoms. The van der Waals surface area contributed by atoms with E-state index in [1.807, 2.05) is 13.1 Å². The van der Waals surface area contributed by atoms with E-state index in [1.54, 1.807) is 30.1 Å². The summed E-state index contributed by atoms with van der Waals surface area (Å²) in [5.74, 6) is 0. The van der Waals surface area contributed by atoms with Crippen LogP contribution in [0.5, 0.6) is 0 Å². The molecule has 1 aromatic carbocycles. The van der Waals surface area contributed by atoms with Crippen LogP contribution in [0, 0.1) is 17.0 Å². The van der Waals surface area contributed by atoms with Gasteiger partial charge in [-0.3, -0.25) is 14.8 Å². The standard InChI is InChI=1S/C12H14N4O2/c1-9-6-14-15(7-9)8-10-3-4-12(16(17)18)11(5-10)13-2/h3-7,13H,8H2,1-2H3. The van der Waals surface area contributed by atoms with Crippen LogP contribution in [0.1, 0.15) is 11.1 Å². The molecule has 6 heteroatoms. The molecule has 1 aromatic heterocycles. The van der Waals surface area contributed by atoms with Crippen molar-refractivity contribution in [1.82, 2.24) is 9.78 Å². The summed E-state index contributed by atoms with van der Waals surface area (Å²) in [5.41, 5.74) is 2.65. The maximum Gasteiger partial charge on any atom is 0.292 e. The van der Waals surface area contributed by atoms with Crippen molar-refractivity contribution >= 4 is 11.4 Å². The van der Waals surface area contributed by atoms with E-state index in [4.69, 9.17) is 0 Å². The first-order valence-electron chi connectivity index (χ1n) is 5.54. The monoisotopic (exact) mass is 246 g/mol. The molecule has 0 fully saturated rings. The van der Waals surface area contributed by atoms with Crippen LogP contribution >= 0.6 is 0 Å². The number of nitrogens with one attached hydrogen (secondary N) is 1. The predicted molar refractivity (Wildman–Crippen MR) is 68.7 cm³/mol. The van der Waals surface area contributed by atoms with Gasteiger partial charge in [-0.05, 0) is 24.1 Å². The van der Waals surface area contributed by atoms with Gasteiger partial charge < -0.3 is 5.32 Å². The second kappa shape index (κ2) is 4.87. The first-order chi connectivity index (χ1) is 8.60. The summed E-state index contributed by atoms with van der Waals surface area (Å²) < 4.78 is 1.80. The van der Waals surface area contributed by atoms with Gasteiger partial charge in [-0.2, -0.15) is 5.10 Å². The van der Waals surface area contributed by atoms with Crippen LogP contribution < -0.4 is 5.32 Å². The fraction of sp³-hybridized carbons (Fsp3) is 0.250. The summed E-state index contributed by atoms with van der Waals surface area (Å²) in [5, 5.41) is 17.8. The lowest BCUT2D eigenvalue weighted by Crippen LogP contribution is -2.02. The lowest BCUT2D eigenvalue weighted by molar-refractivity contribution is -0.383. The first kappa shape index (κ1) is 12.1. The van der Waals surface area contributed by atoms with Gasteiger partial charge in [-0.25, -0.2) is 0 Å². The van der Waals surface area contributed by atoms with Crippen molar-refractivity contribution in [3.8, 4) is 0 Å². The zero-order chi connectivity index (χ0) is 13.1. The third-order valence-electron chi connectivity index (χ3n) is 2.63. The van der Waals surface area contributed by atoms with Gasteiger partial charge in [-0.1, -0.05) is 6.07 Å². The van der Waals surface area contributed by atoms with E-state index < -0.39 is 4.92 Å². The topological polar surface area (TPSA) is 73.0 Å². The molecule has 0 spiro atoms. The van der Waals surface area contributed by atoms with Gasteiger partial charge in [0.05, 0.1) is 17.7 Å². The van der Waals surface area contributed by atoms with Gasteiger partial charge in [0.2, 0.25) is 0 Å². The number of benzene rings is 1. The van der Waals surface area contributed by atoms with E-state index in [-0.39, 0.29) is 5.69 Å². The number of nitro groups is 1. The fourth-order valence-corrected chi connectivity index (χ4v) is 1.78. The van der Waals surface area contributed by atoms with E-state index in [1.165, 1.54) is 6.07 Å². The van der Waals surface area contributed by atoms with Crippen molar-refractivity contribution in [2.45, 2.75) is 13.5 Å².